The molecule has 2 unspecified atom stereocenters. The van der Waals surface area contributed by atoms with Gasteiger partial charge >= 0.3 is 0 Å². The summed E-state index contributed by atoms with van der Waals surface area (Å²) < 4.78 is 0. The first-order valence-corrected chi connectivity index (χ1v) is 8.09. The van der Waals surface area contributed by atoms with Crippen LogP contribution in [0, 0.1) is 11.8 Å². The van der Waals surface area contributed by atoms with Crippen molar-refractivity contribution in [1.82, 2.24) is 5.32 Å². The van der Waals surface area contributed by atoms with Gasteiger partial charge in [0.05, 0.1) is 0 Å². The predicted molar refractivity (Wildman–Crippen MR) is 81.7 cm³/mol. The van der Waals surface area contributed by atoms with Crippen molar-refractivity contribution in [1.29, 1.82) is 0 Å². The molecule has 3 rings (SSSR count). The molecule has 2 saturated carbocycles. The van der Waals surface area contributed by atoms with E-state index in [9.17, 15) is 0 Å². The van der Waals surface area contributed by atoms with Crippen LogP contribution in [0.25, 0.3) is 0 Å². The molecule has 0 aromatic heterocycles. The van der Waals surface area contributed by atoms with Crippen LogP contribution in [0.15, 0.2) is 24.3 Å². The summed E-state index contributed by atoms with van der Waals surface area (Å²) in [6.45, 7) is 3.63. The van der Waals surface area contributed by atoms with E-state index in [-0.39, 0.29) is 0 Å². The number of rotatable bonds is 4. The third-order valence-corrected chi connectivity index (χ3v) is 5.54. The summed E-state index contributed by atoms with van der Waals surface area (Å²) >= 11 is 6.26. The third-order valence-electron chi connectivity index (χ3n) is 5.19. The van der Waals surface area contributed by atoms with Crippen molar-refractivity contribution in [2.24, 2.45) is 11.8 Å². The minimum atomic E-state index is 0.673. The largest absolute Gasteiger partial charge is 0.314 e. The molecular weight excluding hydrogens is 254 g/mol. The molecule has 0 spiro atoms. The Balaban J connectivity index is 1.44. The van der Waals surface area contributed by atoms with E-state index in [0.29, 0.717) is 12.0 Å². The van der Waals surface area contributed by atoms with E-state index in [1.54, 1.807) is 0 Å². The standard InChI is InChI=1S/C17H24ClN/c1-12-5-4-6-13(12)11-19-15-9-14(10-15)16-7-2-3-8-17(16)18/h2-3,7-8,12-15,19H,4-6,9-11H2,1H3. The molecule has 0 saturated heterocycles. The van der Waals surface area contributed by atoms with Crippen molar-refractivity contribution in [3.63, 3.8) is 0 Å². The highest BCUT2D eigenvalue weighted by Gasteiger charge is 2.32. The van der Waals surface area contributed by atoms with Crippen LogP contribution >= 0.6 is 11.6 Å². The van der Waals surface area contributed by atoms with E-state index in [1.165, 1.54) is 44.2 Å². The summed E-state index contributed by atoms with van der Waals surface area (Å²) in [6.07, 6.45) is 6.80. The maximum absolute atomic E-state index is 6.26. The highest BCUT2D eigenvalue weighted by atomic mass is 35.5. The molecule has 0 radical (unpaired) electrons. The number of nitrogens with one attached hydrogen (secondary N) is 1. The average molecular weight is 278 g/mol. The van der Waals surface area contributed by atoms with Crippen LogP contribution in [0.4, 0.5) is 0 Å². The molecule has 2 atom stereocenters. The Labute approximate surface area is 121 Å². The molecule has 2 aliphatic rings. The normalized spacial score (nSPS) is 34.2. The predicted octanol–water partition coefficient (Wildman–Crippen LogP) is 4.61. The van der Waals surface area contributed by atoms with Gasteiger partial charge in [-0.1, -0.05) is 49.6 Å². The zero-order valence-electron chi connectivity index (χ0n) is 11.7. The summed E-state index contributed by atoms with van der Waals surface area (Å²) in [6, 6.07) is 9.03. The fourth-order valence-electron chi connectivity index (χ4n) is 3.69. The summed E-state index contributed by atoms with van der Waals surface area (Å²) in [5, 5.41) is 4.71. The molecule has 1 aromatic carbocycles. The van der Waals surface area contributed by atoms with Gasteiger partial charge in [-0.3, -0.25) is 0 Å². The highest BCUT2D eigenvalue weighted by Crippen LogP contribution is 2.40. The highest BCUT2D eigenvalue weighted by molar-refractivity contribution is 6.31. The van der Waals surface area contributed by atoms with Gasteiger partial charge in [0.15, 0.2) is 0 Å². The van der Waals surface area contributed by atoms with Gasteiger partial charge in [0.25, 0.3) is 0 Å². The number of hydrogen-bond donors (Lipinski definition) is 1. The van der Waals surface area contributed by atoms with Crippen LogP contribution in [-0.2, 0) is 0 Å². The van der Waals surface area contributed by atoms with Gasteiger partial charge in [-0.2, -0.15) is 0 Å². The maximum atomic E-state index is 6.26. The molecule has 2 heteroatoms. The van der Waals surface area contributed by atoms with Crippen LogP contribution in [-0.4, -0.2) is 12.6 Å². The molecule has 2 fully saturated rings. The van der Waals surface area contributed by atoms with Crippen molar-refractivity contribution in [2.75, 3.05) is 6.54 Å². The van der Waals surface area contributed by atoms with E-state index in [0.717, 1.165) is 16.9 Å². The second kappa shape index (κ2) is 5.85. The van der Waals surface area contributed by atoms with Gasteiger partial charge in [-0.05, 0) is 55.2 Å². The van der Waals surface area contributed by atoms with E-state index in [1.807, 2.05) is 12.1 Å². The first-order valence-electron chi connectivity index (χ1n) is 7.72. The molecule has 2 aliphatic carbocycles. The lowest BCUT2D eigenvalue weighted by Gasteiger charge is -2.37. The minimum Gasteiger partial charge on any atom is -0.314 e. The lowest BCUT2D eigenvalue weighted by Crippen LogP contribution is -2.42. The molecule has 0 bridgehead atoms. The molecule has 0 aliphatic heterocycles. The Morgan fingerprint density at radius 3 is 2.68 bits per heavy atom. The van der Waals surface area contributed by atoms with Crippen molar-refractivity contribution >= 4 is 11.6 Å². The Kier molecular flexibility index (Phi) is 4.14. The summed E-state index contributed by atoms with van der Waals surface area (Å²) in [4.78, 5) is 0. The molecule has 1 nitrogen and oxygen atoms in total. The van der Waals surface area contributed by atoms with Crippen molar-refractivity contribution in [3.8, 4) is 0 Å². The van der Waals surface area contributed by atoms with E-state index in [4.69, 9.17) is 11.6 Å². The Bertz CT molecular complexity index is 425. The summed E-state index contributed by atoms with van der Waals surface area (Å²) in [5.41, 5.74) is 1.34. The number of benzene rings is 1. The number of hydrogen-bond acceptors (Lipinski definition) is 1. The van der Waals surface area contributed by atoms with Gasteiger partial charge in [0.2, 0.25) is 0 Å². The Hall–Kier alpha value is -0.530. The van der Waals surface area contributed by atoms with Gasteiger partial charge in [-0.25, -0.2) is 0 Å². The average Bonchev–Trinajstić information content (AvgIpc) is 2.75. The van der Waals surface area contributed by atoms with Gasteiger partial charge in [-0.15, -0.1) is 0 Å². The minimum absolute atomic E-state index is 0.673. The molecule has 0 heterocycles. The summed E-state index contributed by atoms with van der Waals surface area (Å²) in [7, 11) is 0. The first-order chi connectivity index (χ1) is 9.24. The van der Waals surface area contributed by atoms with Crippen LogP contribution in [0.1, 0.15) is 50.5 Å². The molecule has 0 amide bonds. The SMILES string of the molecule is CC1CCCC1CNC1CC(c2ccccc2Cl)C1. The van der Waals surface area contributed by atoms with Gasteiger partial charge < -0.3 is 5.32 Å². The van der Waals surface area contributed by atoms with Gasteiger partial charge in [0, 0.05) is 11.1 Å². The fraction of sp³-hybridized carbons (Fsp3) is 0.647. The van der Waals surface area contributed by atoms with Crippen LogP contribution in [0.5, 0.6) is 0 Å². The first kappa shape index (κ1) is 13.5. The Morgan fingerprint density at radius 1 is 1.21 bits per heavy atom. The summed E-state index contributed by atoms with van der Waals surface area (Å²) in [5.74, 6) is 2.51. The van der Waals surface area contributed by atoms with E-state index >= 15 is 0 Å². The second-order valence-corrected chi connectivity index (χ2v) is 6.87. The second-order valence-electron chi connectivity index (χ2n) is 6.46. The zero-order valence-corrected chi connectivity index (χ0v) is 12.5. The lowest BCUT2D eigenvalue weighted by molar-refractivity contribution is 0.264. The fourth-order valence-corrected chi connectivity index (χ4v) is 3.98. The smallest absolute Gasteiger partial charge is 0.0440 e. The van der Waals surface area contributed by atoms with Crippen LogP contribution < -0.4 is 5.32 Å². The lowest BCUT2D eigenvalue weighted by atomic mass is 9.75. The molecule has 104 valence electrons. The maximum Gasteiger partial charge on any atom is 0.0440 e. The Morgan fingerprint density at radius 2 is 2.00 bits per heavy atom. The van der Waals surface area contributed by atoms with Gasteiger partial charge in [0.1, 0.15) is 0 Å². The van der Waals surface area contributed by atoms with Crippen molar-refractivity contribution in [2.45, 2.75) is 51.0 Å². The zero-order chi connectivity index (χ0) is 13.2. The van der Waals surface area contributed by atoms with E-state index in [2.05, 4.69) is 24.4 Å². The molecular formula is C17H24ClN. The van der Waals surface area contributed by atoms with E-state index < -0.39 is 0 Å². The third kappa shape index (κ3) is 2.98. The monoisotopic (exact) mass is 277 g/mol. The molecule has 19 heavy (non-hydrogen) atoms. The number of halogens is 1. The molecule has 1 N–H and O–H groups in total. The van der Waals surface area contributed by atoms with Crippen molar-refractivity contribution in [3.05, 3.63) is 34.9 Å². The molecule has 1 aromatic rings. The van der Waals surface area contributed by atoms with Crippen molar-refractivity contribution < 1.29 is 0 Å². The topological polar surface area (TPSA) is 12.0 Å². The quantitative estimate of drug-likeness (QED) is 0.847. The van der Waals surface area contributed by atoms with Crippen LogP contribution in [0.3, 0.4) is 0 Å². The van der Waals surface area contributed by atoms with Crippen LogP contribution in [0.2, 0.25) is 5.02 Å².